The number of rotatable bonds is 20. The summed E-state index contributed by atoms with van der Waals surface area (Å²) >= 11 is 0. The molecule has 0 saturated heterocycles. The number of carbonyl (C=O) groups is 8. The number of carbonyl (C=O) groups excluding carboxylic acids is 7. The van der Waals surface area contributed by atoms with Crippen molar-refractivity contribution in [2.75, 3.05) is 115 Å². The molecule has 0 unspecified atom stereocenters. The highest BCUT2D eigenvalue weighted by atomic mass is 16.4. The molecule has 21 heteroatoms. The third kappa shape index (κ3) is 12.3. The van der Waals surface area contributed by atoms with Gasteiger partial charge in [-0.3, -0.25) is 33.6 Å². The van der Waals surface area contributed by atoms with Crippen LogP contribution in [0.5, 0.6) is 5.75 Å². The lowest BCUT2D eigenvalue weighted by Crippen LogP contribution is -2.51. The van der Waals surface area contributed by atoms with Gasteiger partial charge in [0.05, 0.1) is 52.4 Å². The van der Waals surface area contributed by atoms with Gasteiger partial charge in [-0.05, 0) is 18.7 Å². The molecule has 0 spiro atoms. The molecule has 62 heavy (non-hydrogen) atoms. The fourth-order valence-corrected chi connectivity index (χ4v) is 6.28. The van der Waals surface area contributed by atoms with Crippen molar-refractivity contribution < 1.29 is 53.0 Å². The zero-order chi connectivity index (χ0) is 45.8. The lowest BCUT2D eigenvalue weighted by molar-refractivity contribution is -0.146. The number of carboxylic acids is 1. The summed E-state index contributed by atoms with van der Waals surface area (Å²) in [6.07, 6.45) is 1.76. The number of furan rings is 1. The monoisotopic (exact) mass is 862 g/mol. The molecular formula is C41H54N10O11. The number of likely N-dealkylation sites (N-methyl/N-ethyl adjacent to an activating group) is 7. The van der Waals surface area contributed by atoms with Crippen molar-refractivity contribution in [1.29, 1.82) is 0 Å². The van der Waals surface area contributed by atoms with E-state index in [0.29, 0.717) is 27.8 Å². The molecule has 21 nitrogen and oxygen atoms in total. The number of hydrazine groups is 1. The van der Waals surface area contributed by atoms with Crippen molar-refractivity contribution in [2.45, 2.75) is 0 Å². The van der Waals surface area contributed by atoms with E-state index in [9.17, 15) is 48.6 Å². The third-order valence-corrected chi connectivity index (χ3v) is 10.1. The van der Waals surface area contributed by atoms with E-state index in [-0.39, 0.29) is 68.8 Å². The third-order valence-electron chi connectivity index (χ3n) is 10.1. The minimum absolute atomic E-state index is 0.0111. The van der Waals surface area contributed by atoms with Gasteiger partial charge in [0.15, 0.2) is 0 Å². The first-order valence-electron chi connectivity index (χ1n) is 19.5. The fourth-order valence-electron chi connectivity index (χ4n) is 6.28. The SMILES string of the molecule is CNCC(=O)N(C)CC(=O)N(C)CC(=O)N(CCN1C=C(c2c(-c3ccccc3)oc3cc(O)c(C(=O)O)cc23)CN1)CC(=O)N(C)CC(=O)N(C)CC(=O)N(C)CC(=O)NC. The maximum absolute atomic E-state index is 13.9. The molecule has 3 aromatic rings. The standard InChI is InChI=1S/C41H54N10O11/c1-42-18-33(54)46(4)21-35(56)49(7)24-38(59)50(25-37(58)48(6)23-36(57)47(5)22-34(55)45(3)20-32(53)43-2)13-14-51-19-27(17-44-51)39-29-15-28(41(60)61)30(52)16-31(29)62-40(39)26-11-9-8-10-12-26/h8-12,15-16,19,42,44,52H,13-14,17-18,20-25H2,1-7H3,(H,43,53)(H,60,61). The summed E-state index contributed by atoms with van der Waals surface area (Å²) in [6.45, 7) is -1.87. The molecule has 2 heterocycles. The van der Waals surface area contributed by atoms with Crippen LogP contribution in [0.2, 0.25) is 0 Å². The van der Waals surface area contributed by atoms with Crippen LogP contribution in [-0.4, -0.2) is 207 Å². The molecule has 1 aliphatic rings. The normalized spacial score (nSPS) is 12.0. The van der Waals surface area contributed by atoms with Crippen LogP contribution >= 0.6 is 0 Å². The predicted octanol–water partition coefficient (Wildman–Crippen LogP) is -1.25. The van der Waals surface area contributed by atoms with E-state index >= 15 is 0 Å². The number of aromatic hydroxyl groups is 1. The Hall–Kier alpha value is -7.00. The van der Waals surface area contributed by atoms with E-state index in [0.717, 1.165) is 19.6 Å². The quantitative estimate of drug-likeness (QED) is 0.0892. The number of amides is 7. The summed E-state index contributed by atoms with van der Waals surface area (Å²) in [4.78, 5) is 109. The summed E-state index contributed by atoms with van der Waals surface area (Å²) in [5.74, 6) is -4.87. The maximum atomic E-state index is 13.9. The lowest BCUT2D eigenvalue weighted by atomic mass is 9.98. The molecular weight excluding hydrogens is 809 g/mol. The molecule has 0 radical (unpaired) electrons. The number of hydrogen-bond acceptors (Lipinski definition) is 13. The van der Waals surface area contributed by atoms with Gasteiger partial charge in [-0.15, -0.1) is 0 Å². The van der Waals surface area contributed by atoms with E-state index in [1.165, 1.54) is 64.2 Å². The summed E-state index contributed by atoms with van der Waals surface area (Å²) < 4.78 is 6.19. The number of nitrogens with one attached hydrogen (secondary N) is 3. The van der Waals surface area contributed by atoms with Gasteiger partial charge in [-0.25, -0.2) is 10.2 Å². The van der Waals surface area contributed by atoms with Crippen LogP contribution in [0, 0.1) is 0 Å². The number of fused-ring (bicyclic) bond motifs is 1. The van der Waals surface area contributed by atoms with Crippen LogP contribution < -0.4 is 16.1 Å². The number of carboxylic acid groups (broad SMARTS) is 1. The Bertz CT molecular complexity index is 2210. The molecule has 1 aromatic heterocycles. The first-order valence-corrected chi connectivity index (χ1v) is 19.5. The van der Waals surface area contributed by atoms with E-state index in [1.807, 2.05) is 30.3 Å². The van der Waals surface area contributed by atoms with Crippen LogP contribution in [0.15, 0.2) is 53.1 Å². The highest BCUT2D eigenvalue weighted by Crippen LogP contribution is 2.41. The number of hydrogen-bond donors (Lipinski definition) is 5. The Morgan fingerprint density at radius 2 is 1.26 bits per heavy atom. The van der Waals surface area contributed by atoms with Crippen molar-refractivity contribution in [1.82, 2.24) is 50.5 Å². The number of aromatic carboxylic acids is 1. The average molecular weight is 863 g/mol. The van der Waals surface area contributed by atoms with Crippen molar-refractivity contribution in [2.24, 2.45) is 0 Å². The van der Waals surface area contributed by atoms with Crippen molar-refractivity contribution in [3.63, 3.8) is 0 Å². The van der Waals surface area contributed by atoms with Crippen molar-refractivity contribution in [3.8, 4) is 17.1 Å². The molecule has 334 valence electrons. The molecule has 2 aromatic carbocycles. The van der Waals surface area contributed by atoms with Gasteiger partial charge in [0.2, 0.25) is 41.4 Å². The van der Waals surface area contributed by atoms with Crippen LogP contribution in [0.3, 0.4) is 0 Å². The maximum Gasteiger partial charge on any atom is 0.339 e. The second-order valence-electron chi connectivity index (χ2n) is 14.8. The average Bonchev–Trinajstić information content (AvgIpc) is 3.85. The van der Waals surface area contributed by atoms with E-state index in [4.69, 9.17) is 4.42 Å². The molecule has 0 atom stereocenters. The predicted molar refractivity (Wildman–Crippen MR) is 226 cm³/mol. The van der Waals surface area contributed by atoms with E-state index < -0.39 is 60.9 Å². The first kappa shape index (κ1) is 47.7. The van der Waals surface area contributed by atoms with Gasteiger partial charge in [-0.2, -0.15) is 0 Å². The van der Waals surface area contributed by atoms with Crippen LogP contribution in [0.1, 0.15) is 15.9 Å². The van der Waals surface area contributed by atoms with Gasteiger partial charge >= 0.3 is 5.97 Å². The summed E-state index contributed by atoms with van der Waals surface area (Å²) in [5.41, 5.74) is 5.17. The second-order valence-corrected chi connectivity index (χ2v) is 14.8. The summed E-state index contributed by atoms with van der Waals surface area (Å²) in [6, 6.07) is 11.7. The molecule has 1 aliphatic heterocycles. The van der Waals surface area contributed by atoms with Gasteiger partial charge in [-0.1, -0.05) is 30.3 Å². The summed E-state index contributed by atoms with van der Waals surface area (Å²) in [5, 5.41) is 27.4. The zero-order valence-corrected chi connectivity index (χ0v) is 35.9. The molecule has 0 saturated carbocycles. The number of benzene rings is 2. The number of phenols is 1. The molecule has 7 amide bonds. The Morgan fingerprint density at radius 3 is 1.81 bits per heavy atom. The highest BCUT2D eigenvalue weighted by molar-refractivity contribution is 6.04. The van der Waals surface area contributed by atoms with Crippen LogP contribution in [-0.2, 0) is 33.6 Å². The largest absolute Gasteiger partial charge is 0.507 e. The molecule has 0 bridgehead atoms. The van der Waals surface area contributed by atoms with Crippen LogP contribution in [0.25, 0.3) is 27.9 Å². The lowest BCUT2D eigenvalue weighted by Gasteiger charge is -2.29. The molecule has 0 fully saturated rings. The van der Waals surface area contributed by atoms with Crippen LogP contribution in [0.4, 0.5) is 0 Å². The van der Waals surface area contributed by atoms with E-state index in [1.54, 1.807) is 18.3 Å². The molecule has 5 N–H and O–H groups in total. The Kier molecular flexibility index (Phi) is 16.5. The minimum atomic E-state index is -1.32. The topological polar surface area (TPSA) is 249 Å². The zero-order valence-electron chi connectivity index (χ0n) is 35.9. The van der Waals surface area contributed by atoms with Gasteiger partial charge in [0, 0.05) is 84.2 Å². The van der Waals surface area contributed by atoms with Gasteiger partial charge < -0.3 is 59.7 Å². The fraction of sp³-hybridized carbons (Fsp3) is 0.415. The van der Waals surface area contributed by atoms with Crippen molar-refractivity contribution in [3.05, 3.63) is 59.8 Å². The highest BCUT2D eigenvalue weighted by Gasteiger charge is 2.29. The Morgan fingerprint density at radius 1 is 0.726 bits per heavy atom. The van der Waals surface area contributed by atoms with Gasteiger partial charge in [0.25, 0.3) is 0 Å². The summed E-state index contributed by atoms with van der Waals surface area (Å²) in [7, 11) is 10.1. The smallest absolute Gasteiger partial charge is 0.339 e. The number of nitrogens with zero attached hydrogens (tertiary/aromatic N) is 7. The minimum Gasteiger partial charge on any atom is -0.507 e. The van der Waals surface area contributed by atoms with E-state index in [2.05, 4.69) is 16.1 Å². The van der Waals surface area contributed by atoms with Gasteiger partial charge in [0.1, 0.15) is 22.7 Å². The molecule has 0 aliphatic carbocycles. The molecule has 4 rings (SSSR count). The first-order chi connectivity index (χ1) is 29.3. The van der Waals surface area contributed by atoms with Crippen molar-refractivity contribution >= 4 is 63.9 Å². The Balaban J connectivity index is 1.54. The second kappa shape index (κ2) is 21.5. The Labute approximate surface area is 358 Å².